The van der Waals surface area contributed by atoms with E-state index >= 15 is 0 Å². The Morgan fingerprint density at radius 2 is 1.87 bits per heavy atom. The Morgan fingerprint density at radius 1 is 1.16 bits per heavy atom. The second kappa shape index (κ2) is 9.87. The van der Waals surface area contributed by atoms with Gasteiger partial charge in [0.15, 0.2) is 0 Å². The third-order valence-electron chi connectivity index (χ3n) is 5.32. The predicted molar refractivity (Wildman–Crippen MR) is 113 cm³/mol. The van der Waals surface area contributed by atoms with E-state index in [1.165, 1.54) is 12.1 Å². The number of amides is 1. The molecule has 0 bridgehead atoms. The number of aliphatic hydroxyl groups is 1. The van der Waals surface area contributed by atoms with Crippen LogP contribution < -0.4 is 10.1 Å². The van der Waals surface area contributed by atoms with Gasteiger partial charge in [0.2, 0.25) is 5.91 Å². The molecule has 31 heavy (non-hydrogen) atoms. The van der Waals surface area contributed by atoms with E-state index in [1.807, 2.05) is 18.2 Å². The quantitative estimate of drug-likeness (QED) is 0.502. The smallest absolute Gasteiger partial charge is 0.416 e. The van der Waals surface area contributed by atoms with Gasteiger partial charge in [-0.25, -0.2) is 0 Å². The SMILES string of the molecule is CO.O=C(Nc1c[nH]c2ccc(CCOc3ccc(C(F)(F)F)cc3)cc12)C1CCC1. The molecule has 0 aliphatic heterocycles. The summed E-state index contributed by atoms with van der Waals surface area (Å²) in [6, 6.07) is 10.6. The second-order valence-corrected chi connectivity index (χ2v) is 7.32. The first-order valence-electron chi connectivity index (χ1n) is 10.1. The third kappa shape index (κ3) is 5.58. The Balaban J connectivity index is 0.00000132. The number of carbonyl (C=O) groups excluding carboxylic acids is 1. The number of hydrogen-bond acceptors (Lipinski definition) is 3. The van der Waals surface area contributed by atoms with Crippen LogP contribution in [0.5, 0.6) is 5.75 Å². The normalized spacial score (nSPS) is 13.8. The van der Waals surface area contributed by atoms with Crippen molar-refractivity contribution < 1.29 is 27.8 Å². The zero-order chi connectivity index (χ0) is 22.4. The molecular weight excluding hydrogens is 409 g/mol. The molecule has 1 aromatic heterocycles. The Kier molecular flexibility index (Phi) is 7.22. The van der Waals surface area contributed by atoms with Crippen LogP contribution in [0.2, 0.25) is 0 Å². The molecule has 5 nitrogen and oxygen atoms in total. The number of aromatic amines is 1. The lowest BCUT2D eigenvalue weighted by Crippen LogP contribution is -2.27. The molecule has 0 spiro atoms. The van der Waals surface area contributed by atoms with Gasteiger partial charge in [0.05, 0.1) is 17.9 Å². The Hall–Kier alpha value is -3.00. The Bertz CT molecular complexity index is 1010. The van der Waals surface area contributed by atoms with E-state index in [0.29, 0.717) is 18.8 Å². The van der Waals surface area contributed by atoms with E-state index in [2.05, 4.69) is 10.3 Å². The highest BCUT2D eigenvalue weighted by atomic mass is 19.4. The van der Waals surface area contributed by atoms with Crippen molar-refractivity contribution in [2.75, 3.05) is 19.0 Å². The van der Waals surface area contributed by atoms with Crippen LogP contribution in [0.1, 0.15) is 30.4 Å². The summed E-state index contributed by atoms with van der Waals surface area (Å²) in [7, 11) is 1.00. The standard InChI is InChI=1S/C22H21F3N2O2.CH4O/c23-22(24,25)16-5-7-17(8-6-16)29-11-10-14-4-9-19-18(12-14)20(13-26-19)27-21(28)15-2-1-3-15;1-2/h4-9,12-13,15,26H,1-3,10-11H2,(H,27,28);2H,1H3. The van der Waals surface area contributed by atoms with E-state index in [1.54, 1.807) is 6.20 Å². The number of aromatic nitrogens is 1. The maximum absolute atomic E-state index is 12.6. The fraction of sp³-hybridized carbons (Fsp3) is 0.348. The number of nitrogens with one attached hydrogen (secondary N) is 2. The number of hydrogen-bond donors (Lipinski definition) is 3. The summed E-state index contributed by atoms with van der Waals surface area (Å²) < 4.78 is 43.4. The van der Waals surface area contributed by atoms with Crippen LogP contribution in [0.3, 0.4) is 0 Å². The van der Waals surface area contributed by atoms with Gasteiger partial charge in [0, 0.05) is 36.5 Å². The molecule has 1 fully saturated rings. The van der Waals surface area contributed by atoms with Crippen molar-refractivity contribution >= 4 is 22.5 Å². The van der Waals surface area contributed by atoms with Gasteiger partial charge < -0.3 is 20.1 Å². The molecule has 1 heterocycles. The van der Waals surface area contributed by atoms with Gasteiger partial charge in [0.25, 0.3) is 0 Å². The molecular formula is C23H25F3N2O3. The van der Waals surface area contributed by atoms with E-state index in [4.69, 9.17) is 9.84 Å². The van der Waals surface area contributed by atoms with Crippen LogP contribution >= 0.6 is 0 Å². The minimum atomic E-state index is -4.35. The van der Waals surface area contributed by atoms with Crippen LogP contribution in [-0.2, 0) is 17.4 Å². The van der Waals surface area contributed by atoms with Crippen molar-refractivity contribution in [1.29, 1.82) is 0 Å². The lowest BCUT2D eigenvalue weighted by Gasteiger charge is -2.23. The number of carbonyl (C=O) groups is 1. The lowest BCUT2D eigenvalue weighted by atomic mass is 9.85. The van der Waals surface area contributed by atoms with Crippen LogP contribution in [0.25, 0.3) is 10.9 Å². The highest BCUT2D eigenvalue weighted by Crippen LogP contribution is 2.31. The highest BCUT2D eigenvalue weighted by molar-refractivity contribution is 6.02. The summed E-state index contributed by atoms with van der Waals surface area (Å²) in [5.74, 6) is 0.572. The molecule has 1 aliphatic carbocycles. The van der Waals surface area contributed by atoms with Crippen molar-refractivity contribution in [3.05, 3.63) is 59.8 Å². The molecule has 0 atom stereocenters. The van der Waals surface area contributed by atoms with Crippen molar-refractivity contribution in [3.63, 3.8) is 0 Å². The van der Waals surface area contributed by atoms with Gasteiger partial charge in [-0.2, -0.15) is 13.2 Å². The average Bonchev–Trinajstić information content (AvgIpc) is 3.10. The maximum atomic E-state index is 12.6. The van der Waals surface area contributed by atoms with Gasteiger partial charge in [-0.3, -0.25) is 4.79 Å². The van der Waals surface area contributed by atoms with E-state index < -0.39 is 11.7 Å². The summed E-state index contributed by atoms with van der Waals surface area (Å²) in [4.78, 5) is 15.4. The highest BCUT2D eigenvalue weighted by Gasteiger charge is 2.30. The molecule has 0 radical (unpaired) electrons. The number of ether oxygens (including phenoxy) is 1. The Morgan fingerprint density at radius 3 is 2.48 bits per heavy atom. The lowest BCUT2D eigenvalue weighted by molar-refractivity contribution is -0.137. The first-order chi connectivity index (χ1) is 14.9. The van der Waals surface area contributed by atoms with Crippen LogP contribution in [-0.4, -0.2) is 29.7 Å². The van der Waals surface area contributed by atoms with Crippen molar-refractivity contribution in [1.82, 2.24) is 4.98 Å². The number of anilines is 1. The van der Waals surface area contributed by atoms with Gasteiger partial charge in [-0.15, -0.1) is 0 Å². The predicted octanol–water partition coefficient (Wildman–Crippen LogP) is 5.16. The largest absolute Gasteiger partial charge is 0.493 e. The summed E-state index contributed by atoms with van der Waals surface area (Å²) in [5.41, 5.74) is 2.02. The molecule has 0 saturated heterocycles. The summed E-state index contributed by atoms with van der Waals surface area (Å²) in [6.45, 7) is 0.338. The first kappa shape index (κ1) is 22.7. The fourth-order valence-corrected chi connectivity index (χ4v) is 3.36. The van der Waals surface area contributed by atoms with Crippen LogP contribution in [0, 0.1) is 5.92 Å². The number of aliphatic hydroxyl groups excluding tert-OH is 1. The van der Waals surface area contributed by atoms with E-state index in [-0.39, 0.29) is 11.8 Å². The minimum absolute atomic E-state index is 0.0631. The van der Waals surface area contributed by atoms with Gasteiger partial charge in [0.1, 0.15) is 5.75 Å². The van der Waals surface area contributed by atoms with Gasteiger partial charge >= 0.3 is 6.18 Å². The molecule has 1 aliphatic rings. The zero-order valence-corrected chi connectivity index (χ0v) is 17.1. The van der Waals surface area contributed by atoms with Crippen LogP contribution in [0.15, 0.2) is 48.7 Å². The average molecular weight is 434 g/mol. The van der Waals surface area contributed by atoms with E-state index in [9.17, 15) is 18.0 Å². The molecule has 2 aromatic carbocycles. The van der Waals surface area contributed by atoms with E-state index in [0.717, 1.165) is 60.7 Å². The van der Waals surface area contributed by atoms with Crippen molar-refractivity contribution in [2.45, 2.75) is 31.9 Å². The molecule has 1 saturated carbocycles. The second-order valence-electron chi connectivity index (χ2n) is 7.32. The van der Waals surface area contributed by atoms with Crippen molar-refractivity contribution in [2.24, 2.45) is 5.92 Å². The van der Waals surface area contributed by atoms with Gasteiger partial charge in [-0.05, 0) is 54.8 Å². The first-order valence-corrected chi connectivity index (χ1v) is 10.1. The summed E-state index contributed by atoms with van der Waals surface area (Å²) >= 11 is 0. The topological polar surface area (TPSA) is 74.4 Å². The molecule has 3 N–H and O–H groups in total. The zero-order valence-electron chi connectivity index (χ0n) is 17.1. The molecule has 4 rings (SSSR count). The minimum Gasteiger partial charge on any atom is -0.493 e. The number of H-pyrrole nitrogens is 1. The summed E-state index contributed by atoms with van der Waals surface area (Å²) in [6.07, 6.45) is 1.04. The number of fused-ring (bicyclic) bond motifs is 1. The monoisotopic (exact) mass is 434 g/mol. The molecule has 166 valence electrons. The number of benzene rings is 2. The Labute approximate surface area is 178 Å². The third-order valence-corrected chi connectivity index (χ3v) is 5.32. The van der Waals surface area contributed by atoms with Gasteiger partial charge in [-0.1, -0.05) is 12.5 Å². The number of alkyl halides is 3. The number of halogens is 3. The summed E-state index contributed by atoms with van der Waals surface area (Å²) in [5, 5.41) is 10.9. The van der Waals surface area contributed by atoms with Crippen LogP contribution in [0.4, 0.5) is 18.9 Å². The number of rotatable bonds is 6. The maximum Gasteiger partial charge on any atom is 0.416 e. The molecule has 1 amide bonds. The molecule has 0 unspecified atom stereocenters. The molecule has 8 heteroatoms. The molecule has 3 aromatic rings. The van der Waals surface area contributed by atoms with Crippen molar-refractivity contribution in [3.8, 4) is 5.75 Å². The fourth-order valence-electron chi connectivity index (χ4n) is 3.36.